The fourth-order valence-corrected chi connectivity index (χ4v) is 3.27. The summed E-state index contributed by atoms with van der Waals surface area (Å²) in [4.78, 5) is 15.7. The first-order chi connectivity index (χ1) is 14.0. The van der Waals surface area contributed by atoms with E-state index in [0.717, 1.165) is 43.7 Å². The van der Waals surface area contributed by atoms with Gasteiger partial charge in [0.25, 0.3) is 0 Å². The molecule has 1 aliphatic rings. The zero-order valence-corrected chi connectivity index (χ0v) is 17.9. The molecule has 1 heterocycles. The number of urea groups is 1. The molecular weight excluding hydrogens is 370 g/mol. The van der Waals surface area contributed by atoms with Crippen molar-refractivity contribution in [3.63, 3.8) is 0 Å². The van der Waals surface area contributed by atoms with Crippen molar-refractivity contribution >= 4 is 11.7 Å². The quantitative estimate of drug-likeness (QED) is 0.478. The van der Waals surface area contributed by atoms with Gasteiger partial charge in [-0.2, -0.15) is 0 Å². The number of nitrogens with zero attached hydrogens (tertiary/aromatic N) is 2. The first-order valence-electron chi connectivity index (χ1n) is 10.2. The van der Waals surface area contributed by atoms with Crippen LogP contribution in [0.15, 0.2) is 36.4 Å². The van der Waals surface area contributed by atoms with E-state index in [1.807, 2.05) is 30.3 Å². The molecule has 0 saturated carbocycles. The van der Waals surface area contributed by atoms with Crippen LogP contribution in [0.2, 0.25) is 0 Å². The molecule has 1 aliphatic heterocycles. The third-order valence-electron chi connectivity index (χ3n) is 5.28. The Bertz CT molecular complexity index is 642. The molecule has 0 radical (unpaired) electrons. The number of anilines is 1. The molecule has 1 aromatic rings. The highest BCUT2D eigenvalue weighted by Crippen LogP contribution is 2.25. The molecule has 2 N–H and O–H groups in total. The summed E-state index contributed by atoms with van der Waals surface area (Å²) >= 11 is 0. The molecule has 1 saturated heterocycles. The van der Waals surface area contributed by atoms with Crippen molar-refractivity contribution in [1.82, 2.24) is 4.90 Å². The Morgan fingerprint density at radius 2 is 1.93 bits per heavy atom. The van der Waals surface area contributed by atoms with Crippen LogP contribution in [0.1, 0.15) is 24.8 Å². The highest BCUT2D eigenvalue weighted by Gasteiger charge is 2.29. The van der Waals surface area contributed by atoms with Gasteiger partial charge in [0.05, 0.1) is 18.8 Å². The number of benzene rings is 1. The third kappa shape index (κ3) is 7.12. The second kappa shape index (κ2) is 11.9. The molecule has 2 amide bonds. The summed E-state index contributed by atoms with van der Waals surface area (Å²) in [6, 6.07) is 7.79. The maximum absolute atomic E-state index is 12.4. The van der Waals surface area contributed by atoms with E-state index in [0.29, 0.717) is 26.3 Å². The first kappa shape index (κ1) is 23.3. The molecular formula is C22H35N3O4. The van der Waals surface area contributed by atoms with Gasteiger partial charge in [0.1, 0.15) is 0 Å². The summed E-state index contributed by atoms with van der Waals surface area (Å²) in [5, 5.41) is 0. The van der Waals surface area contributed by atoms with E-state index in [4.69, 9.17) is 19.9 Å². The summed E-state index contributed by atoms with van der Waals surface area (Å²) < 4.78 is 16.8. The van der Waals surface area contributed by atoms with Crippen molar-refractivity contribution < 1.29 is 19.0 Å². The Kier molecular flexibility index (Phi) is 9.60. The van der Waals surface area contributed by atoms with Gasteiger partial charge in [-0.3, -0.25) is 4.90 Å². The second-order valence-corrected chi connectivity index (χ2v) is 7.37. The molecule has 0 unspecified atom stereocenters. The molecule has 29 heavy (non-hydrogen) atoms. The van der Waals surface area contributed by atoms with Gasteiger partial charge in [-0.15, -0.1) is 0 Å². The van der Waals surface area contributed by atoms with E-state index in [9.17, 15) is 4.79 Å². The van der Waals surface area contributed by atoms with Gasteiger partial charge in [0, 0.05) is 59.5 Å². The van der Waals surface area contributed by atoms with Crippen LogP contribution >= 0.6 is 0 Å². The lowest BCUT2D eigenvalue weighted by Crippen LogP contribution is -2.39. The number of hydrogen-bond donors (Lipinski definition) is 1. The summed E-state index contributed by atoms with van der Waals surface area (Å²) in [6.45, 7) is 3.72. The van der Waals surface area contributed by atoms with Gasteiger partial charge >= 0.3 is 6.03 Å². The minimum atomic E-state index is -0.225. The molecule has 0 bridgehead atoms. The second-order valence-electron chi connectivity index (χ2n) is 7.37. The predicted molar refractivity (Wildman–Crippen MR) is 115 cm³/mol. The van der Waals surface area contributed by atoms with E-state index < -0.39 is 0 Å². The van der Waals surface area contributed by atoms with E-state index in [1.165, 1.54) is 0 Å². The minimum absolute atomic E-state index is 0.0484. The molecule has 0 aliphatic carbocycles. The molecule has 0 spiro atoms. The van der Waals surface area contributed by atoms with Crippen LogP contribution < -0.4 is 10.6 Å². The highest BCUT2D eigenvalue weighted by molar-refractivity contribution is 5.91. The van der Waals surface area contributed by atoms with E-state index in [2.05, 4.69) is 6.08 Å². The van der Waals surface area contributed by atoms with Gasteiger partial charge in [-0.1, -0.05) is 24.3 Å². The topological polar surface area (TPSA) is 77.3 Å². The van der Waals surface area contributed by atoms with Gasteiger partial charge in [-0.05, 0) is 30.7 Å². The molecule has 2 rings (SSSR count). The van der Waals surface area contributed by atoms with Crippen molar-refractivity contribution in [2.75, 3.05) is 59.0 Å². The van der Waals surface area contributed by atoms with Crippen LogP contribution in [0.25, 0.3) is 0 Å². The lowest BCUT2D eigenvalue weighted by atomic mass is 9.93. The molecule has 7 nitrogen and oxygen atoms in total. The van der Waals surface area contributed by atoms with Gasteiger partial charge in [-0.25, -0.2) is 4.79 Å². The van der Waals surface area contributed by atoms with Crippen molar-refractivity contribution in [3.05, 3.63) is 42.0 Å². The van der Waals surface area contributed by atoms with Crippen LogP contribution in [0.5, 0.6) is 0 Å². The van der Waals surface area contributed by atoms with E-state index >= 15 is 0 Å². The number of carbonyl (C=O) groups excluding carboxylic acids is 1. The van der Waals surface area contributed by atoms with Gasteiger partial charge in [0.2, 0.25) is 0 Å². The maximum atomic E-state index is 12.4. The molecule has 1 fully saturated rings. The largest absolute Gasteiger partial charge is 0.381 e. The van der Waals surface area contributed by atoms with Crippen molar-refractivity contribution in [3.8, 4) is 0 Å². The Morgan fingerprint density at radius 1 is 1.24 bits per heavy atom. The molecule has 162 valence electrons. The monoisotopic (exact) mass is 405 g/mol. The Balaban J connectivity index is 1.78. The van der Waals surface area contributed by atoms with E-state index in [1.54, 1.807) is 31.0 Å². The smallest absolute Gasteiger partial charge is 0.323 e. The average Bonchev–Trinajstić information content (AvgIpc) is 2.77. The summed E-state index contributed by atoms with van der Waals surface area (Å²) in [7, 11) is 5.31. The Labute approximate surface area is 174 Å². The van der Waals surface area contributed by atoms with Gasteiger partial charge in [0.15, 0.2) is 0 Å². The number of rotatable bonds is 10. The first-order valence-corrected chi connectivity index (χ1v) is 10.2. The van der Waals surface area contributed by atoms with Crippen LogP contribution in [0.3, 0.4) is 0 Å². The number of ether oxygens (including phenoxy) is 3. The number of methoxy groups -OCH3 is 1. The summed E-state index contributed by atoms with van der Waals surface area (Å²) in [6.07, 6.45) is 6.65. The number of hydrogen-bond acceptors (Lipinski definition) is 5. The number of carbonyl (C=O) groups is 1. The van der Waals surface area contributed by atoms with Crippen molar-refractivity contribution in [2.24, 2.45) is 5.73 Å². The SMILES string of the molecule is COC1(/C=C/COCc2ccc(N(C)C(=O)N(C)CCCN)cc2)CCOCC1. The van der Waals surface area contributed by atoms with Crippen LogP contribution in [-0.2, 0) is 20.8 Å². The predicted octanol–water partition coefficient (Wildman–Crippen LogP) is 2.79. The fraction of sp³-hybridized carbons (Fsp3) is 0.591. The lowest BCUT2D eigenvalue weighted by Gasteiger charge is -2.33. The minimum Gasteiger partial charge on any atom is -0.381 e. The van der Waals surface area contributed by atoms with Crippen molar-refractivity contribution in [2.45, 2.75) is 31.5 Å². The summed E-state index contributed by atoms with van der Waals surface area (Å²) in [5.74, 6) is 0. The van der Waals surface area contributed by atoms with E-state index in [-0.39, 0.29) is 11.6 Å². The zero-order chi connectivity index (χ0) is 21.1. The van der Waals surface area contributed by atoms with Crippen LogP contribution in [0, 0.1) is 0 Å². The average molecular weight is 406 g/mol. The Morgan fingerprint density at radius 3 is 2.55 bits per heavy atom. The molecule has 1 aromatic carbocycles. The normalized spacial score (nSPS) is 16.1. The standard InChI is InChI=1S/C22H35N3O4/c1-24(14-5-13-23)21(26)25(2)20-8-6-19(7-9-20)18-29-15-4-10-22(27-3)11-16-28-17-12-22/h4,6-10H,5,11-18,23H2,1-3H3/b10-4+. The molecule has 0 atom stereocenters. The molecule has 0 aromatic heterocycles. The highest BCUT2D eigenvalue weighted by atomic mass is 16.5. The fourth-order valence-electron chi connectivity index (χ4n) is 3.27. The maximum Gasteiger partial charge on any atom is 0.323 e. The summed E-state index contributed by atoms with van der Waals surface area (Å²) in [5.41, 5.74) is 7.20. The zero-order valence-electron chi connectivity index (χ0n) is 17.9. The van der Waals surface area contributed by atoms with Gasteiger partial charge < -0.3 is 24.8 Å². The lowest BCUT2D eigenvalue weighted by molar-refractivity contribution is -0.0589. The van der Waals surface area contributed by atoms with Crippen LogP contribution in [-0.4, -0.2) is 70.6 Å². The molecule has 7 heteroatoms. The number of amides is 2. The third-order valence-corrected chi connectivity index (χ3v) is 5.28. The van der Waals surface area contributed by atoms with Crippen LogP contribution in [0.4, 0.5) is 10.5 Å². The van der Waals surface area contributed by atoms with Crippen molar-refractivity contribution in [1.29, 1.82) is 0 Å². The Hall–Kier alpha value is -1.93. The number of nitrogens with two attached hydrogens (primary N) is 1.